The summed E-state index contributed by atoms with van der Waals surface area (Å²) in [5, 5.41) is 3.01. The third-order valence-corrected chi connectivity index (χ3v) is 6.15. The molecule has 0 aromatic heterocycles. The molecule has 2 fully saturated rings. The number of urea groups is 1. The molecule has 25 heavy (non-hydrogen) atoms. The highest BCUT2D eigenvalue weighted by atomic mass is 16.2. The fourth-order valence-electron chi connectivity index (χ4n) is 4.62. The fourth-order valence-corrected chi connectivity index (χ4v) is 4.62. The zero-order valence-electron chi connectivity index (χ0n) is 15.0. The minimum absolute atomic E-state index is 0.0849. The van der Waals surface area contributed by atoms with Crippen LogP contribution in [0.15, 0.2) is 29.3 Å². The summed E-state index contributed by atoms with van der Waals surface area (Å²) in [5.74, 6) is 1.37. The summed E-state index contributed by atoms with van der Waals surface area (Å²) >= 11 is 0. The van der Waals surface area contributed by atoms with Crippen LogP contribution >= 0.6 is 0 Å². The van der Waals surface area contributed by atoms with E-state index < -0.39 is 5.54 Å². The Morgan fingerprint density at radius 1 is 1.28 bits per heavy atom. The number of aliphatic imine (C=N–C) groups is 1. The summed E-state index contributed by atoms with van der Waals surface area (Å²) in [6, 6.07) is 7.68. The number of para-hydroxylation sites is 1. The third kappa shape index (κ3) is 2.34. The predicted octanol–water partition coefficient (Wildman–Crippen LogP) is 2.50. The number of fused-ring (bicyclic) bond motifs is 2. The van der Waals surface area contributed by atoms with Crippen LogP contribution < -0.4 is 5.32 Å². The molecule has 132 valence electrons. The smallest absolute Gasteiger partial charge is 0.321 e. The minimum atomic E-state index is -0.638. The molecule has 3 aliphatic rings. The summed E-state index contributed by atoms with van der Waals surface area (Å²) in [6.07, 6.45) is 1.76. The molecular formula is C19H24N4O2. The number of benzene rings is 1. The average Bonchev–Trinajstić information content (AvgIpc) is 3.22. The molecule has 1 aliphatic carbocycles. The number of hydrogen-bond acceptors (Lipinski definition) is 3. The molecule has 6 nitrogen and oxygen atoms in total. The van der Waals surface area contributed by atoms with Gasteiger partial charge in [-0.3, -0.25) is 9.79 Å². The van der Waals surface area contributed by atoms with Gasteiger partial charge in [0, 0.05) is 31.7 Å². The number of aryl methyl sites for hydroxylation is 1. The van der Waals surface area contributed by atoms with Crippen LogP contribution in [0.2, 0.25) is 0 Å². The van der Waals surface area contributed by atoms with Gasteiger partial charge in [0.2, 0.25) is 0 Å². The van der Waals surface area contributed by atoms with Crippen LogP contribution in [0.1, 0.15) is 25.3 Å². The lowest BCUT2D eigenvalue weighted by atomic mass is 9.85. The van der Waals surface area contributed by atoms with Gasteiger partial charge in [0.1, 0.15) is 11.4 Å². The van der Waals surface area contributed by atoms with Gasteiger partial charge in [-0.05, 0) is 44.2 Å². The Morgan fingerprint density at radius 3 is 2.72 bits per heavy atom. The van der Waals surface area contributed by atoms with Crippen molar-refractivity contribution in [1.82, 2.24) is 9.80 Å². The lowest BCUT2D eigenvalue weighted by Gasteiger charge is -2.27. The molecule has 1 aromatic carbocycles. The number of likely N-dealkylation sites (tertiary alicyclic amines) is 1. The van der Waals surface area contributed by atoms with Crippen molar-refractivity contribution < 1.29 is 9.59 Å². The topological polar surface area (TPSA) is 65.0 Å². The summed E-state index contributed by atoms with van der Waals surface area (Å²) in [5.41, 5.74) is 1.24. The number of amides is 3. The van der Waals surface area contributed by atoms with E-state index in [0.717, 1.165) is 29.9 Å². The SMILES string of the molecule is CC1=N[C@@]2(CC[C@@H]3CN(C(=O)Nc4ccccc4C)C[C@@H]32)C(=O)N1C. The molecule has 1 spiro atoms. The van der Waals surface area contributed by atoms with Crippen molar-refractivity contribution in [2.75, 3.05) is 25.5 Å². The van der Waals surface area contributed by atoms with E-state index >= 15 is 0 Å². The van der Waals surface area contributed by atoms with Crippen molar-refractivity contribution in [3.05, 3.63) is 29.8 Å². The Balaban J connectivity index is 1.51. The van der Waals surface area contributed by atoms with Gasteiger partial charge < -0.3 is 15.1 Å². The largest absolute Gasteiger partial charge is 0.324 e. The molecule has 1 saturated carbocycles. The maximum Gasteiger partial charge on any atom is 0.321 e. The van der Waals surface area contributed by atoms with Gasteiger partial charge >= 0.3 is 6.03 Å². The van der Waals surface area contributed by atoms with E-state index in [4.69, 9.17) is 4.99 Å². The van der Waals surface area contributed by atoms with E-state index in [0.29, 0.717) is 19.0 Å². The number of rotatable bonds is 1. The molecule has 6 heteroatoms. The first-order valence-electron chi connectivity index (χ1n) is 8.88. The van der Waals surface area contributed by atoms with Gasteiger partial charge in [0.15, 0.2) is 0 Å². The first-order valence-corrected chi connectivity index (χ1v) is 8.88. The molecule has 2 aliphatic heterocycles. The number of anilines is 1. The number of likely N-dealkylation sites (N-methyl/N-ethyl adjacent to an activating group) is 1. The third-order valence-electron chi connectivity index (χ3n) is 6.15. The number of nitrogens with one attached hydrogen (secondary N) is 1. The van der Waals surface area contributed by atoms with Gasteiger partial charge in [-0.25, -0.2) is 4.79 Å². The molecule has 3 amide bonds. The molecule has 2 heterocycles. The normalized spacial score (nSPS) is 30.8. The Morgan fingerprint density at radius 2 is 2.04 bits per heavy atom. The van der Waals surface area contributed by atoms with Gasteiger partial charge in [-0.15, -0.1) is 0 Å². The summed E-state index contributed by atoms with van der Waals surface area (Å²) in [4.78, 5) is 33.7. The van der Waals surface area contributed by atoms with Crippen molar-refractivity contribution >= 4 is 23.5 Å². The Labute approximate surface area is 147 Å². The van der Waals surface area contributed by atoms with E-state index in [2.05, 4.69) is 5.32 Å². The second kappa shape index (κ2) is 5.58. The minimum Gasteiger partial charge on any atom is -0.324 e. The van der Waals surface area contributed by atoms with Crippen molar-refractivity contribution in [3.63, 3.8) is 0 Å². The van der Waals surface area contributed by atoms with E-state index in [1.807, 2.05) is 43.0 Å². The number of carbonyl (C=O) groups is 2. The number of nitrogens with zero attached hydrogens (tertiary/aromatic N) is 3. The summed E-state index contributed by atoms with van der Waals surface area (Å²) in [7, 11) is 1.79. The number of hydrogen-bond donors (Lipinski definition) is 1. The van der Waals surface area contributed by atoms with Crippen LogP contribution in [0, 0.1) is 18.8 Å². The summed E-state index contributed by atoms with van der Waals surface area (Å²) in [6.45, 7) is 5.17. The molecule has 0 unspecified atom stereocenters. The van der Waals surface area contributed by atoms with Crippen molar-refractivity contribution in [3.8, 4) is 0 Å². The maximum absolute atomic E-state index is 12.8. The zero-order valence-corrected chi connectivity index (χ0v) is 15.0. The zero-order chi connectivity index (χ0) is 17.8. The molecular weight excluding hydrogens is 316 g/mol. The highest BCUT2D eigenvalue weighted by Gasteiger charge is 2.60. The van der Waals surface area contributed by atoms with Gasteiger partial charge in [-0.1, -0.05) is 18.2 Å². The van der Waals surface area contributed by atoms with E-state index in [1.165, 1.54) is 0 Å². The number of amidine groups is 1. The highest BCUT2D eigenvalue weighted by molar-refractivity contribution is 6.07. The number of carbonyl (C=O) groups excluding carboxylic acids is 2. The van der Waals surface area contributed by atoms with E-state index in [9.17, 15) is 9.59 Å². The van der Waals surface area contributed by atoms with Crippen LogP contribution in [0.3, 0.4) is 0 Å². The van der Waals surface area contributed by atoms with Crippen molar-refractivity contribution in [2.24, 2.45) is 16.8 Å². The Hall–Kier alpha value is -2.37. The lowest BCUT2D eigenvalue weighted by Crippen LogP contribution is -2.46. The second-order valence-electron chi connectivity index (χ2n) is 7.50. The maximum atomic E-state index is 12.8. The highest BCUT2D eigenvalue weighted by Crippen LogP contribution is 2.50. The molecule has 1 aromatic rings. The van der Waals surface area contributed by atoms with Crippen LogP contribution in [-0.4, -0.2) is 53.2 Å². The molecule has 1 saturated heterocycles. The van der Waals surface area contributed by atoms with Crippen LogP contribution in [0.25, 0.3) is 0 Å². The van der Waals surface area contributed by atoms with Crippen LogP contribution in [-0.2, 0) is 4.79 Å². The second-order valence-corrected chi connectivity index (χ2v) is 7.50. The molecule has 4 rings (SSSR count). The first-order chi connectivity index (χ1) is 11.9. The van der Waals surface area contributed by atoms with E-state index in [1.54, 1.807) is 11.9 Å². The van der Waals surface area contributed by atoms with Gasteiger partial charge in [-0.2, -0.15) is 0 Å². The molecule has 0 bridgehead atoms. The Kier molecular flexibility index (Phi) is 3.60. The monoisotopic (exact) mass is 340 g/mol. The predicted molar refractivity (Wildman–Crippen MR) is 96.6 cm³/mol. The van der Waals surface area contributed by atoms with Crippen molar-refractivity contribution in [2.45, 2.75) is 32.2 Å². The van der Waals surface area contributed by atoms with Crippen LogP contribution in [0.4, 0.5) is 10.5 Å². The molecule has 0 radical (unpaired) electrons. The standard InChI is InChI=1S/C19H24N4O2/c1-12-6-4-5-7-16(12)20-18(25)23-10-14-8-9-19(15(14)11-23)17(24)22(3)13(2)21-19/h4-7,14-15H,8-11H2,1-3H3,(H,20,25)/t14-,15+,19-/m1/s1. The van der Waals surface area contributed by atoms with Crippen molar-refractivity contribution in [1.29, 1.82) is 0 Å². The Bertz CT molecular complexity index is 774. The molecule has 3 atom stereocenters. The van der Waals surface area contributed by atoms with E-state index in [-0.39, 0.29) is 17.9 Å². The first kappa shape index (κ1) is 16.1. The lowest BCUT2D eigenvalue weighted by molar-refractivity contribution is -0.131. The fraction of sp³-hybridized carbons (Fsp3) is 0.526. The summed E-state index contributed by atoms with van der Waals surface area (Å²) < 4.78 is 0. The van der Waals surface area contributed by atoms with Crippen LogP contribution in [0.5, 0.6) is 0 Å². The van der Waals surface area contributed by atoms with Gasteiger partial charge in [0.05, 0.1) is 0 Å². The average molecular weight is 340 g/mol. The molecule has 1 N–H and O–H groups in total. The quantitative estimate of drug-likeness (QED) is 0.854. The van der Waals surface area contributed by atoms with Gasteiger partial charge in [0.25, 0.3) is 5.91 Å².